The molecule has 0 aromatic heterocycles. The highest BCUT2D eigenvalue weighted by Crippen LogP contribution is 2.40. The molecule has 0 fully saturated rings. The van der Waals surface area contributed by atoms with Crippen LogP contribution in [0.4, 0.5) is 4.39 Å². The maximum Gasteiger partial charge on any atom is 0.233 e. The van der Waals surface area contributed by atoms with Crippen LogP contribution in [0, 0.1) is 11.5 Å². The maximum absolute atomic E-state index is 12.6. The van der Waals surface area contributed by atoms with Crippen molar-refractivity contribution in [1.29, 1.82) is 0 Å². The smallest absolute Gasteiger partial charge is 0.215 e. The van der Waals surface area contributed by atoms with Gasteiger partial charge in [-0.05, 0) is 16.6 Å². The maximum atomic E-state index is 12.6. The van der Waals surface area contributed by atoms with Gasteiger partial charge in [-0.25, -0.2) is 4.39 Å². The molecule has 1 atom stereocenters. The number of hydrogen-bond donors (Lipinski definition) is 0. The van der Waals surface area contributed by atoms with Gasteiger partial charge in [0.2, 0.25) is 5.63 Å². The van der Waals surface area contributed by atoms with E-state index in [9.17, 15) is 4.39 Å². The average Bonchev–Trinajstić information content (AvgIpc) is 2.02. The van der Waals surface area contributed by atoms with Gasteiger partial charge in [0.25, 0.3) is 0 Å². The normalized spacial score (nSPS) is 14.3. The average molecular weight is 249 g/mol. The van der Waals surface area contributed by atoms with Crippen molar-refractivity contribution in [3.63, 3.8) is 0 Å². The van der Waals surface area contributed by atoms with E-state index in [4.69, 9.17) is 11.6 Å². The molecule has 0 N–H and O–H groups in total. The van der Waals surface area contributed by atoms with E-state index in [1.807, 2.05) is 0 Å². The lowest BCUT2D eigenvalue weighted by Crippen LogP contribution is -2.43. The van der Waals surface area contributed by atoms with Gasteiger partial charge < -0.3 is 0 Å². The molecule has 0 bridgehead atoms. The Bertz CT molecular complexity index is 226. The molecule has 0 saturated carbocycles. The van der Waals surface area contributed by atoms with Crippen LogP contribution in [0.5, 0.6) is 0 Å². The predicted octanol–water partition coefficient (Wildman–Crippen LogP) is 4.74. The molecule has 0 rings (SSSR count). The number of halogens is 2. The molecule has 0 aliphatic heterocycles. The first-order valence-electron chi connectivity index (χ1n) is 5.56. The van der Waals surface area contributed by atoms with Crippen LogP contribution < -0.4 is 0 Å². The van der Waals surface area contributed by atoms with Gasteiger partial charge in [0, 0.05) is 0 Å². The Kier molecular flexibility index (Phi) is 5.91. The molecule has 0 spiro atoms. The molecule has 0 aromatic carbocycles. The largest absolute Gasteiger partial charge is 0.233 e. The fraction of sp³-hybridized carbons (Fsp3) is 0.833. The zero-order valence-corrected chi connectivity index (χ0v) is 12.3. The molecule has 0 aromatic rings. The summed E-state index contributed by atoms with van der Waals surface area (Å²) < 4.78 is 12.6. The third-order valence-electron chi connectivity index (χ3n) is 3.26. The van der Waals surface area contributed by atoms with Crippen LogP contribution in [0.2, 0.25) is 16.6 Å². The lowest BCUT2D eigenvalue weighted by molar-refractivity contribution is 0.524. The van der Waals surface area contributed by atoms with Crippen molar-refractivity contribution in [2.45, 2.75) is 63.8 Å². The van der Waals surface area contributed by atoms with Crippen LogP contribution in [0.1, 0.15) is 41.5 Å². The third-order valence-corrected chi connectivity index (χ3v) is 9.68. The Morgan fingerprint density at radius 3 is 1.47 bits per heavy atom. The molecule has 0 nitrogen and oxygen atoms in total. The highest BCUT2D eigenvalue weighted by Gasteiger charge is 2.41. The second-order valence-corrected chi connectivity index (χ2v) is 10.9. The summed E-state index contributed by atoms with van der Waals surface area (Å²) in [6.45, 7) is 13.2. The second kappa shape index (κ2) is 5.91. The van der Waals surface area contributed by atoms with Gasteiger partial charge in [0.05, 0.1) is 0 Å². The van der Waals surface area contributed by atoms with Crippen LogP contribution in [0.25, 0.3) is 0 Å². The minimum atomic E-state index is -1.78. The van der Waals surface area contributed by atoms with Gasteiger partial charge in [-0.3, -0.25) is 0 Å². The van der Waals surface area contributed by atoms with E-state index in [2.05, 4.69) is 53.0 Å². The summed E-state index contributed by atoms with van der Waals surface area (Å²) in [6, 6.07) is 0. The zero-order valence-electron chi connectivity index (χ0n) is 10.6. The molecule has 0 heterocycles. The van der Waals surface area contributed by atoms with Gasteiger partial charge in [-0.1, -0.05) is 59.1 Å². The van der Waals surface area contributed by atoms with Crippen LogP contribution in [0.3, 0.4) is 0 Å². The highest BCUT2D eigenvalue weighted by molar-refractivity contribution is 6.90. The van der Waals surface area contributed by atoms with Crippen molar-refractivity contribution in [2.75, 3.05) is 0 Å². The van der Waals surface area contributed by atoms with Crippen LogP contribution in [0.15, 0.2) is 0 Å². The highest BCUT2D eigenvalue weighted by atomic mass is 35.5. The van der Waals surface area contributed by atoms with Gasteiger partial charge in [-0.15, -0.1) is 5.54 Å². The van der Waals surface area contributed by atoms with Crippen molar-refractivity contribution in [2.24, 2.45) is 0 Å². The number of rotatable bonds is 3. The molecule has 3 heteroatoms. The Labute approximate surface area is 99.6 Å². The molecule has 0 radical (unpaired) electrons. The minimum Gasteiger partial charge on any atom is -0.215 e. The van der Waals surface area contributed by atoms with E-state index < -0.39 is 13.7 Å². The molecule has 0 aliphatic rings. The number of hydrogen-bond acceptors (Lipinski definition) is 0. The van der Waals surface area contributed by atoms with Crippen molar-refractivity contribution in [3.8, 4) is 11.5 Å². The third kappa shape index (κ3) is 3.50. The van der Waals surface area contributed by atoms with E-state index in [0.717, 1.165) is 0 Å². The van der Waals surface area contributed by atoms with Gasteiger partial charge in [0.15, 0.2) is 0 Å². The van der Waals surface area contributed by atoms with Crippen LogP contribution in [-0.2, 0) is 0 Å². The summed E-state index contributed by atoms with van der Waals surface area (Å²) in [5.41, 5.74) is 3.28. The number of alkyl halides is 2. The standard InChI is InChI=1S/C12H22ClFSi/c1-9(2)15(10(3)4,11(5)6)8-7-12(13)14/h9-12H,1-6H3. The zero-order chi connectivity index (χ0) is 12.2. The Morgan fingerprint density at radius 1 is 0.933 bits per heavy atom. The molecular formula is C12H22ClFSi. The van der Waals surface area contributed by atoms with Crippen molar-refractivity contribution in [3.05, 3.63) is 0 Å². The van der Waals surface area contributed by atoms with E-state index in [1.165, 1.54) is 0 Å². The van der Waals surface area contributed by atoms with E-state index in [0.29, 0.717) is 16.6 Å². The topological polar surface area (TPSA) is 0 Å². The quantitative estimate of drug-likeness (QED) is 0.384. The Morgan fingerprint density at radius 2 is 1.27 bits per heavy atom. The minimum absolute atomic E-state index is 0.528. The fourth-order valence-electron chi connectivity index (χ4n) is 2.61. The molecule has 0 aliphatic carbocycles. The first-order chi connectivity index (χ1) is 6.75. The summed E-state index contributed by atoms with van der Waals surface area (Å²) in [5.74, 6) is 2.54. The fourth-order valence-corrected chi connectivity index (χ4v) is 8.00. The molecular weight excluding hydrogens is 227 g/mol. The summed E-state index contributed by atoms with van der Waals surface area (Å²) in [6.07, 6.45) is 0. The molecule has 1 unspecified atom stereocenters. The predicted molar refractivity (Wildman–Crippen MR) is 69.6 cm³/mol. The SMILES string of the molecule is CC(C)[Si](C#CC(F)Cl)(C(C)C)C(C)C. The lowest BCUT2D eigenvalue weighted by atomic mass is 10.5. The molecule has 88 valence electrons. The van der Waals surface area contributed by atoms with Gasteiger partial charge >= 0.3 is 0 Å². The summed E-state index contributed by atoms with van der Waals surface area (Å²) in [4.78, 5) is 0. The Balaban J connectivity index is 5.27. The Hall–Kier alpha value is -0.00312. The first-order valence-corrected chi connectivity index (χ1v) is 8.22. The van der Waals surface area contributed by atoms with Crippen LogP contribution in [-0.4, -0.2) is 13.7 Å². The summed E-state index contributed by atoms with van der Waals surface area (Å²) in [7, 11) is -1.78. The summed E-state index contributed by atoms with van der Waals surface area (Å²) in [5, 5.41) is 0. The van der Waals surface area contributed by atoms with Crippen LogP contribution >= 0.6 is 11.6 Å². The van der Waals surface area contributed by atoms with Crippen molar-refractivity contribution < 1.29 is 4.39 Å². The second-order valence-electron chi connectivity index (χ2n) is 4.97. The molecule has 15 heavy (non-hydrogen) atoms. The van der Waals surface area contributed by atoms with E-state index in [-0.39, 0.29) is 0 Å². The molecule has 0 saturated heterocycles. The summed E-state index contributed by atoms with van der Waals surface area (Å²) >= 11 is 5.28. The van der Waals surface area contributed by atoms with Gasteiger partial charge in [0.1, 0.15) is 8.07 Å². The molecule has 0 amide bonds. The van der Waals surface area contributed by atoms with Gasteiger partial charge in [-0.2, -0.15) is 0 Å². The van der Waals surface area contributed by atoms with Crippen molar-refractivity contribution in [1.82, 2.24) is 0 Å². The van der Waals surface area contributed by atoms with Crippen molar-refractivity contribution >= 4 is 19.7 Å². The first kappa shape index (κ1) is 15.0. The van der Waals surface area contributed by atoms with E-state index in [1.54, 1.807) is 0 Å². The van der Waals surface area contributed by atoms with E-state index >= 15 is 0 Å². The lowest BCUT2D eigenvalue weighted by Gasteiger charge is -2.38. The monoisotopic (exact) mass is 248 g/mol.